The Labute approximate surface area is 277 Å². The maximum Gasteiger partial charge on any atom is 0.0462 e. The van der Waals surface area contributed by atoms with E-state index in [0.717, 1.165) is 17.1 Å². The molecule has 0 N–H and O–H groups in total. The fraction of sp³-hybridized carbons (Fsp3) is 0.0435. The molecule has 0 unspecified atom stereocenters. The van der Waals surface area contributed by atoms with Gasteiger partial charge in [-0.05, 0) is 111 Å². The van der Waals surface area contributed by atoms with E-state index in [1.165, 1.54) is 66.1 Å². The fourth-order valence-electron chi connectivity index (χ4n) is 6.82. The highest BCUT2D eigenvalue weighted by Gasteiger charge is 2.18. The van der Waals surface area contributed by atoms with Gasteiger partial charge in [0.25, 0.3) is 0 Å². The second-order valence-corrected chi connectivity index (χ2v) is 12.3. The van der Waals surface area contributed by atoms with Crippen LogP contribution in [0.2, 0.25) is 0 Å². The van der Waals surface area contributed by atoms with Crippen LogP contribution >= 0.6 is 0 Å². The number of hydrogen-bond donors (Lipinski definition) is 0. The van der Waals surface area contributed by atoms with Crippen LogP contribution in [-0.2, 0) is 0 Å². The summed E-state index contributed by atoms with van der Waals surface area (Å²) in [4.78, 5) is 2.31. The van der Waals surface area contributed by atoms with Crippen molar-refractivity contribution in [2.24, 2.45) is 0 Å². The molecule has 8 rings (SSSR count). The Balaban J connectivity index is 1.32. The maximum absolute atomic E-state index is 2.40. The van der Waals surface area contributed by atoms with Gasteiger partial charge in [0.1, 0.15) is 0 Å². The highest BCUT2D eigenvalue weighted by atomic mass is 15.1. The summed E-state index contributed by atoms with van der Waals surface area (Å²) in [6, 6.07) is 64.0. The monoisotopic (exact) mass is 601 g/mol. The molecule has 0 saturated carbocycles. The highest BCUT2D eigenvalue weighted by molar-refractivity contribution is 6.22. The van der Waals surface area contributed by atoms with E-state index in [9.17, 15) is 0 Å². The third-order valence-electron chi connectivity index (χ3n) is 9.19. The average molecular weight is 602 g/mol. The van der Waals surface area contributed by atoms with Crippen LogP contribution < -0.4 is 4.90 Å². The summed E-state index contributed by atoms with van der Waals surface area (Å²) in [5, 5.41) is 5.08. The molecular weight excluding hydrogens is 567 g/mol. The lowest BCUT2D eigenvalue weighted by Crippen LogP contribution is -2.09. The van der Waals surface area contributed by atoms with Gasteiger partial charge in [-0.2, -0.15) is 0 Å². The molecule has 8 aromatic carbocycles. The molecule has 47 heavy (non-hydrogen) atoms. The fourth-order valence-corrected chi connectivity index (χ4v) is 6.82. The second-order valence-electron chi connectivity index (χ2n) is 12.3. The minimum absolute atomic E-state index is 1.12. The predicted octanol–water partition coefficient (Wildman–Crippen LogP) is 13.1. The first-order valence-corrected chi connectivity index (χ1v) is 16.3. The molecule has 0 aliphatic carbocycles. The smallest absolute Gasteiger partial charge is 0.0462 e. The van der Waals surface area contributed by atoms with Gasteiger partial charge in [0.05, 0.1) is 0 Å². The van der Waals surface area contributed by atoms with Crippen molar-refractivity contribution >= 4 is 38.6 Å². The van der Waals surface area contributed by atoms with Crippen molar-refractivity contribution in [2.45, 2.75) is 13.8 Å². The SMILES string of the molecule is Cc1ccc(-c2c3ccccc3c(-c3ccc(C)cc3)c3cc(-c4ccc(N(c5ccccc5)c5ccccc5)cc4)ccc23)cc1. The van der Waals surface area contributed by atoms with Crippen molar-refractivity contribution in [2.75, 3.05) is 4.90 Å². The van der Waals surface area contributed by atoms with Gasteiger partial charge >= 0.3 is 0 Å². The van der Waals surface area contributed by atoms with Gasteiger partial charge in [-0.15, -0.1) is 0 Å². The number of para-hydroxylation sites is 2. The van der Waals surface area contributed by atoms with Crippen molar-refractivity contribution in [3.8, 4) is 33.4 Å². The van der Waals surface area contributed by atoms with Gasteiger partial charge in [0, 0.05) is 17.1 Å². The molecule has 8 aromatic rings. The van der Waals surface area contributed by atoms with Crippen molar-refractivity contribution < 1.29 is 0 Å². The molecule has 0 saturated heterocycles. The zero-order valence-corrected chi connectivity index (χ0v) is 26.7. The maximum atomic E-state index is 2.40. The Morgan fingerprint density at radius 1 is 0.298 bits per heavy atom. The van der Waals surface area contributed by atoms with Crippen LogP contribution in [0.4, 0.5) is 17.1 Å². The van der Waals surface area contributed by atoms with Crippen molar-refractivity contribution in [3.63, 3.8) is 0 Å². The first-order chi connectivity index (χ1) is 23.1. The van der Waals surface area contributed by atoms with Crippen molar-refractivity contribution in [3.05, 3.63) is 187 Å². The molecule has 0 aromatic heterocycles. The topological polar surface area (TPSA) is 3.24 Å². The van der Waals surface area contributed by atoms with E-state index >= 15 is 0 Å². The minimum Gasteiger partial charge on any atom is -0.311 e. The van der Waals surface area contributed by atoms with Crippen LogP contribution in [0, 0.1) is 13.8 Å². The third kappa shape index (κ3) is 5.37. The van der Waals surface area contributed by atoms with Crippen LogP contribution in [0.25, 0.3) is 54.9 Å². The molecule has 0 aliphatic rings. The van der Waals surface area contributed by atoms with Crippen molar-refractivity contribution in [1.82, 2.24) is 0 Å². The molecule has 0 radical (unpaired) electrons. The Kier molecular flexibility index (Phi) is 7.36. The van der Waals surface area contributed by atoms with E-state index in [4.69, 9.17) is 0 Å². The number of nitrogens with zero attached hydrogens (tertiary/aromatic N) is 1. The van der Waals surface area contributed by atoms with E-state index in [-0.39, 0.29) is 0 Å². The summed E-state index contributed by atoms with van der Waals surface area (Å²) >= 11 is 0. The molecule has 0 fully saturated rings. The predicted molar refractivity (Wildman–Crippen MR) is 202 cm³/mol. The van der Waals surface area contributed by atoms with Gasteiger partial charge in [0.15, 0.2) is 0 Å². The molecule has 224 valence electrons. The zero-order valence-electron chi connectivity index (χ0n) is 26.7. The van der Waals surface area contributed by atoms with Gasteiger partial charge in [-0.1, -0.05) is 145 Å². The quantitative estimate of drug-likeness (QED) is 0.171. The molecule has 1 nitrogen and oxygen atoms in total. The molecule has 1 heteroatoms. The van der Waals surface area contributed by atoms with Gasteiger partial charge < -0.3 is 4.90 Å². The lowest BCUT2D eigenvalue weighted by Gasteiger charge is -2.25. The van der Waals surface area contributed by atoms with E-state index < -0.39 is 0 Å². The summed E-state index contributed by atoms with van der Waals surface area (Å²) in [7, 11) is 0. The first kappa shape index (κ1) is 28.5. The molecule has 0 bridgehead atoms. The van der Waals surface area contributed by atoms with Crippen LogP contribution in [0.1, 0.15) is 11.1 Å². The van der Waals surface area contributed by atoms with Crippen molar-refractivity contribution in [1.29, 1.82) is 0 Å². The number of benzene rings is 8. The van der Waals surface area contributed by atoms with Gasteiger partial charge in [0.2, 0.25) is 0 Å². The molecule has 0 amide bonds. The normalized spacial score (nSPS) is 11.2. The Bertz CT molecular complexity index is 2280. The molecule has 0 spiro atoms. The van der Waals surface area contributed by atoms with Crippen LogP contribution in [0.5, 0.6) is 0 Å². The molecule has 0 heterocycles. The van der Waals surface area contributed by atoms with Gasteiger partial charge in [-0.3, -0.25) is 0 Å². The largest absolute Gasteiger partial charge is 0.311 e. The molecule has 0 atom stereocenters. The molecule has 0 aliphatic heterocycles. The van der Waals surface area contributed by atoms with E-state index in [0.29, 0.717) is 0 Å². The third-order valence-corrected chi connectivity index (χ3v) is 9.19. The van der Waals surface area contributed by atoms with E-state index in [1.54, 1.807) is 0 Å². The number of rotatable bonds is 6. The number of aryl methyl sites for hydroxylation is 2. The van der Waals surface area contributed by atoms with Gasteiger partial charge in [-0.25, -0.2) is 0 Å². The summed E-state index contributed by atoms with van der Waals surface area (Å²) in [5.74, 6) is 0. The summed E-state index contributed by atoms with van der Waals surface area (Å²) in [6.07, 6.45) is 0. The Morgan fingerprint density at radius 3 is 1.19 bits per heavy atom. The van der Waals surface area contributed by atoms with Crippen LogP contribution in [0.3, 0.4) is 0 Å². The number of hydrogen-bond acceptors (Lipinski definition) is 1. The molecular formula is C46H35N. The second kappa shape index (κ2) is 12.1. The van der Waals surface area contributed by atoms with Crippen LogP contribution in [-0.4, -0.2) is 0 Å². The average Bonchev–Trinajstić information content (AvgIpc) is 3.13. The summed E-state index contributed by atoms with van der Waals surface area (Å²) < 4.78 is 0. The van der Waals surface area contributed by atoms with E-state index in [1.807, 2.05) is 0 Å². The Hall–Kier alpha value is -5.92. The summed E-state index contributed by atoms with van der Waals surface area (Å²) in [5.41, 5.74) is 13.4. The van der Waals surface area contributed by atoms with Crippen LogP contribution in [0.15, 0.2) is 176 Å². The zero-order chi connectivity index (χ0) is 31.7. The number of anilines is 3. The lowest BCUT2D eigenvalue weighted by molar-refractivity contribution is 1.28. The van der Waals surface area contributed by atoms with E-state index in [2.05, 4.69) is 195 Å². The summed E-state index contributed by atoms with van der Waals surface area (Å²) in [6.45, 7) is 4.30. The lowest BCUT2D eigenvalue weighted by atomic mass is 9.84. The number of fused-ring (bicyclic) bond motifs is 2. The standard InChI is InChI=1S/C46H35N/c1-32-17-21-35(22-18-32)45-41-15-9-10-16-42(41)46(36-23-19-33(2)20-24-36)44-31-37(27-30-43(44)45)34-25-28-40(29-26-34)47(38-11-5-3-6-12-38)39-13-7-4-8-14-39/h3-31H,1-2H3. The minimum atomic E-state index is 1.12. The highest BCUT2D eigenvalue weighted by Crippen LogP contribution is 2.45. The first-order valence-electron chi connectivity index (χ1n) is 16.3. The Morgan fingerprint density at radius 2 is 0.681 bits per heavy atom.